The molecular formula is C24H33Cl2N5OS. The normalized spacial score (nSPS) is 13.8. The van der Waals surface area contributed by atoms with Crippen LogP contribution in [0.1, 0.15) is 41.6 Å². The Bertz CT molecular complexity index is 1070. The number of halogens is 2. The molecule has 1 fully saturated rings. The van der Waals surface area contributed by atoms with Crippen molar-refractivity contribution in [1.82, 2.24) is 20.2 Å². The molecule has 1 amide bonds. The summed E-state index contributed by atoms with van der Waals surface area (Å²) in [5, 5.41) is 7.97. The van der Waals surface area contributed by atoms with Crippen molar-refractivity contribution in [3.8, 4) is 10.6 Å². The summed E-state index contributed by atoms with van der Waals surface area (Å²) in [4.78, 5) is 24.3. The van der Waals surface area contributed by atoms with E-state index in [2.05, 4.69) is 21.7 Å². The molecule has 0 bridgehead atoms. The number of piperidine rings is 1. The molecule has 0 radical (unpaired) electrons. The molecule has 1 aliphatic heterocycles. The number of hydrogen-bond acceptors (Lipinski definition) is 6. The number of nitrogens with one attached hydrogen (secondary N) is 2. The fourth-order valence-electron chi connectivity index (χ4n) is 4.08. The highest BCUT2D eigenvalue weighted by Crippen LogP contribution is 2.35. The van der Waals surface area contributed by atoms with Gasteiger partial charge in [-0.2, -0.15) is 0 Å². The molecule has 3 heterocycles. The van der Waals surface area contributed by atoms with E-state index >= 15 is 0 Å². The number of rotatable bonds is 7. The second-order valence-corrected chi connectivity index (χ2v) is 9.63. The first-order chi connectivity index (χ1) is 15.0. The van der Waals surface area contributed by atoms with Crippen LogP contribution in [0.4, 0.5) is 5.95 Å². The number of benzene rings is 1. The van der Waals surface area contributed by atoms with Gasteiger partial charge in [0.15, 0.2) is 0 Å². The van der Waals surface area contributed by atoms with Gasteiger partial charge < -0.3 is 15.5 Å². The maximum atomic E-state index is 12.3. The fraction of sp³-hybridized carbons (Fsp3) is 0.458. The number of nitrogens with zero attached hydrogens (tertiary/aromatic N) is 3. The van der Waals surface area contributed by atoms with Crippen LogP contribution in [-0.2, 0) is 0 Å². The van der Waals surface area contributed by atoms with Crippen LogP contribution in [0.2, 0.25) is 0 Å². The van der Waals surface area contributed by atoms with Gasteiger partial charge in [0.25, 0.3) is 5.91 Å². The molecule has 180 valence electrons. The molecule has 1 aliphatic rings. The Morgan fingerprint density at radius 2 is 1.97 bits per heavy atom. The molecule has 0 spiro atoms. The van der Waals surface area contributed by atoms with Gasteiger partial charge in [0, 0.05) is 37.1 Å². The predicted octanol–water partition coefficient (Wildman–Crippen LogP) is 5.40. The van der Waals surface area contributed by atoms with Crippen LogP contribution in [0.25, 0.3) is 20.7 Å². The average Bonchev–Trinajstić information content (AvgIpc) is 3.21. The Kier molecular flexibility index (Phi) is 10.4. The Labute approximate surface area is 212 Å². The van der Waals surface area contributed by atoms with Crippen molar-refractivity contribution in [3.05, 3.63) is 41.6 Å². The number of aryl methyl sites for hydroxylation is 1. The molecule has 0 saturated carbocycles. The third kappa shape index (κ3) is 6.79. The van der Waals surface area contributed by atoms with Crippen LogP contribution in [0.15, 0.2) is 30.5 Å². The highest BCUT2D eigenvalue weighted by atomic mass is 35.5. The molecule has 4 rings (SSSR count). The highest BCUT2D eigenvalue weighted by molar-refractivity contribution is 7.22. The molecule has 1 saturated heterocycles. The summed E-state index contributed by atoms with van der Waals surface area (Å²) < 4.78 is 1.09. The number of amides is 1. The molecule has 0 unspecified atom stereocenters. The molecular weight excluding hydrogens is 477 g/mol. The number of carbonyl (C=O) groups is 1. The van der Waals surface area contributed by atoms with Gasteiger partial charge in [-0.3, -0.25) is 4.79 Å². The van der Waals surface area contributed by atoms with E-state index in [0.29, 0.717) is 11.5 Å². The zero-order valence-electron chi connectivity index (χ0n) is 19.4. The van der Waals surface area contributed by atoms with Crippen LogP contribution in [0.5, 0.6) is 0 Å². The lowest BCUT2D eigenvalue weighted by molar-refractivity contribution is 0.0828. The summed E-state index contributed by atoms with van der Waals surface area (Å²) in [6.07, 6.45) is 6.88. The maximum Gasteiger partial charge on any atom is 0.253 e. The van der Waals surface area contributed by atoms with E-state index < -0.39 is 0 Å². The first-order valence-corrected chi connectivity index (χ1v) is 11.9. The number of thiophene rings is 1. The Morgan fingerprint density at radius 3 is 2.70 bits per heavy atom. The summed E-state index contributed by atoms with van der Waals surface area (Å²) in [6, 6.07) is 8.04. The van der Waals surface area contributed by atoms with Gasteiger partial charge >= 0.3 is 0 Å². The molecule has 9 heteroatoms. The zero-order valence-corrected chi connectivity index (χ0v) is 21.8. The quantitative estimate of drug-likeness (QED) is 0.417. The van der Waals surface area contributed by atoms with Gasteiger partial charge in [0.1, 0.15) is 0 Å². The van der Waals surface area contributed by atoms with E-state index in [-0.39, 0.29) is 30.7 Å². The van der Waals surface area contributed by atoms with Crippen LogP contribution < -0.4 is 10.6 Å². The Balaban J connectivity index is 0.00000193. The van der Waals surface area contributed by atoms with Crippen LogP contribution in [0, 0.1) is 12.8 Å². The minimum Gasteiger partial charge on any atom is -0.354 e. The van der Waals surface area contributed by atoms with Gasteiger partial charge in [-0.15, -0.1) is 36.2 Å². The maximum absolute atomic E-state index is 12.3. The predicted molar refractivity (Wildman–Crippen MR) is 143 cm³/mol. The smallest absolute Gasteiger partial charge is 0.253 e. The summed E-state index contributed by atoms with van der Waals surface area (Å²) in [6.45, 7) is 5.25. The molecule has 33 heavy (non-hydrogen) atoms. The fourth-order valence-corrected chi connectivity index (χ4v) is 5.23. The van der Waals surface area contributed by atoms with Crippen molar-refractivity contribution < 1.29 is 4.79 Å². The van der Waals surface area contributed by atoms with Gasteiger partial charge in [0.2, 0.25) is 5.95 Å². The lowest BCUT2D eigenvalue weighted by Crippen LogP contribution is -2.27. The van der Waals surface area contributed by atoms with Crippen molar-refractivity contribution in [3.63, 3.8) is 0 Å². The van der Waals surface area contributed by atoms with Gasteiger partial charge in [-0.1, -0.05) is 6.07 Å². The molecule has 1 aromatic carbocycles. The first-order valence-electron chi connectivity index (χ1n) is 11.0. The average molecular weight is 511 g/mol. The molecule has 0 atom stereocenters. The minimum atomic E-state index is 0. The van der Waals surface area contributed by atoms with E-state index in [4.69, 9.17) is 4.98 Å². The lowest BCUT2D eigenvalue weighted by Gasteiger charge is -2.22. The Morgan fingerprint density at radius 1 is 1.21 bits per heavy atom. The second kappa shape index (κ2) is 12.5. The summed E-state index contributed by atoms with van der Waals surface area (Å²) in [5.74, 6) is 1.55. The van der Waals surface area contributed by atoms with E-state index in [0.717, 1.165) is 58.2 Å². The monoisotopic (exact) mass is 509 g/mol. The lowest BCUT2D eigenvalue weighted by atomic mass is 9.93. The van der Waals surface area contributed by atoms with Crippen molar-refractivity contribution in [2.75, 3.05) is 39.0 Å². The van der Waals surface area contributed by atoms with E-state index in [9.17, 15) is 4.79 Å². The van der Waals surface area contributed by atoms with Crippen molar-refractivity contribution in [1.29, 1.82) is 0 Å². The second-order valence-electron chi connectivity index (χ2n) is 8.55. The number of carbonyl (C=O) groups excluding carboxylic acids is 1. The van der Waals surface area contributed by atoms with Crippen molar-refractivity contribution in [2.24, 2.45) is 5.92 Å². The number of aromatic nitrogens is 2. The third-order valence-electron chi connectivity index (χ3n) is 5.91. The van der Waals surface area contributed by atoms with E-state index in [1.165, 1.54) is 19.3 Å². The van der Waals surface area contributed by atoms with Crippen molar-refractivity contribution >= 4 is 58.1 Å². The summed E-state index contributed by atoms with van der Waals surface area (Å²) in [5.41, 5.74) is 2.72. The van der Waals surface area contributed by atoms with Gasteiger partial charge in [0.05, 0.1) is 10.6 Å². The number of anilines is 1. The van der Waals surface area contributed by atoms with Crippen LogP contribution in [0.3, 0.4) is 0 Å². The topological polar surface area (TPSA) is 70.1 Å². The SMILES string of the molecule is Cc1cnc(NCCCC2CCNCC2)nc1-c1cc2ccc(C(=O)N(C)C)cc2s1.Cl.Cl. The van der Waals surface area contributed by atoms with Crippen LogP contribution in [-0.4, -0.2) is 54.5 Å². The molecule has 2 aromatic heterocycles. The standard InChI is InChI=1S/C24H31N5OS.2ClH/c1-16-15-27-24(26-10-4-5-17-8-11-25-12-9-17)28-22(16)21-13-18-6-7-19(14-20(18)31-21)23(30)29(2)3;;/h6-7,13-15,17,25H,4-5,8-12H2,1-3H3,(H,26,27,28);2*1H. The Hall–Kier alpha value is -1.93. The molecule has 2 N–H and O–H groups in total. The van der Waals surface area contributed by atoms with Crippen LogP contribution >= 0.6 is 36.2 Å². The zero-order chi connectivity index (χ0) is 21.8. The molecule has 0 aliphatic carbocycles. The van der Waals surface area contributed by atoms with E-state index in [1.54, 1.807) is 30.3 Å². The first kappa shape index (κ1) is 27.3. The minimum absolute atomic E-state index is 0. The molecule has 3 aromatic rings. The summed E-state index contributed by atoms with van der Waals surface area (Å²) in [7, 11) is 3.55. The van der Waals surface area contributed by atoms with Crippen molar-refractivity contribution in [2.45, 2.75) is 32.6 Å². The van der Waals surface area contributed by atoms with Gasteiger partial charge in [-0.25, -0.2) is 9.97 Å². The van der Waals surface area contributed by atoms with E-state index in [1.807, 2.05) is 31.3 Å². The summed E-state index contributed by atoms with van der Waals surface area (Å²) >= 11 is 1.67. The highest BCUT2D eigenvalue weighted by Gasteiger charge is 2.14. The number of hydrogen-bond donors (Lipinski definition) is 2. The third-order valence-corrected chi connectivity index (χ3v) is 7.01. The number of fused-ring (bicyclic) bond motifs is 1. The van der Waals surface area contributed by atoms with Gasteiger partial charge in [-0.05, 0) is 80.8 Å². The largest absolute Gasteiger partial charge is 0.354 e. The molecule has 6 nitrogen and oxygen atoms in total.